The van der Waals surface area contributed by atoms with E-state index in [0.717, 1.165) is 37.4 Å². The molecule has 0 aliphatic rings. The summed E-state index contributed by atoms with van der Waals surface area (Å²) in [6.07, 6.45) is 7.85. The molecular weight excluding hydrogens is 288 g/mol. The van der Waals surface area contributed by atoms with Gasteiger partial charge in [0.2, 0.25) is 0 Å². The van der Waals surface area contributed by atoms with Crippen molar-refractivity contribution in [2.24, 2.45) is 0 Å². The Balaban J connectivity index is 2.08. The number of hydrogen-bond donors (Lipinski definition) is 0. The molecule has 2 aromatic carbocycles. The van der Waals surface area contributed by atoms with Crippen molar-refractivity contribution in [2.75, 3.05) is 12.4 Å². The van der Waals surface area contributed by atoms with Crippen LogP contribution in [0.25, 0.3) is 10.8 Å². The molecule has 0 radical (unpaired) electrons. The maximum atomic E-state index is 5.95. The van der Waals surface area contributed by atoms with Crippen molar-refractivity contribution in [3.8, 4) is 5.75 Å². The van der Waals surface area contributed by atoms with Gasteiger partial charge >= 0.3 is 0 Å². The van der Waals surface area contributed by atoms with Crippen molar-refractivity contribution in [3.63, 3.8) is 0 Å². The Morgan fingerprint density at radius 2 is 1.86 bits per heavy atom. The van der Waals surface area contributed by atoms with Crippen LogP contribution >= 0.6 is 11.8 Å². The number of ether oxygens (including phenoxy) is 1. The van der Waals surface area contributed by atoms with Gasteiger partial charge in [-0.05, 0) is 49.0 Å². The highest BCUT2D eigenvalue weighted by molar-refractivity contribution is 7.99. The molecule has 118 valence electrons. The van der Waals surface area contributed by atoms with Crippen molar-refractivity contribution in [1.82, 2.24) is 0 Å². The lowest BCUT2D eigenvalue weighted by molar-refractivity contribution is 0.313. The summed E-state index contributed by atoms with van der Waals surface area (Å²) >= 11 is 1.95. The lowest BCUT2D eigenvalue weighted by Crippen LogP contribution is -1.97. The smallest absolute Gasteiger partial charge is 0.127 e. The van der Waals surface area contributed by atoms with Gasteiger partial charge < -0.3 is 4.74 Å². The van der Waals surface area contributed by atoms with Crippen LogP contribution in [-0.2, 0) is 0 Å². The quantitative estimate of drug-likeness (QED) is 0.282. The Hall–Kier alpha value is -1.41. The SMILES string of the molecule is C=CCCCCSc1ccc(OCCCC)c2ccccc12. The third-order valence-electron chi connectivity index (χ3n) is 3.66. The molecule has 2 rings (SSSR count). The zero-order chi connectivity index (χ0) is 15.6. The van der Waals surface area contributed by atoms with Crippen molar-refractivity contribution in [1.29, 1.82) is 0 Å². The van der Waals surface area contributed by atoms with Crippen molar-refractivity contribution in [3.05, 3.63) is 49.1 Å². The molecule has 0 unspecified atom stereocenters. The van der Waals surface area contributed by atoms with E-state index in [1.54, 1.807) is 0 Å². The van der Waals surface area contributed by atoms with Gasteiger partial charge in [-0.1, -0.05) is 43.7 Å². The predicted octanol–water partition coefficient (Wildman–Crippen LogP) is 6.47. The van der Waals surface area contributed by atoms with Gasteiger partial charge in [0, 0.05) is 10.3 Å². The Kier molecular flexibility index (Phi) is 7.38. The Labute approximate surface area is 138 Å². The second-order valence-corrected chi connectivity index (χ2v) is 6.58. The summed E-state index contributed by atoms with van der Waals surface area (Å²) in [6, 6.07) is 12.9. The van der Waals surface area contributed by atoms with Gasteiger partial charge in [0.15, 0.2) is 0 Å². The second kappa shape index (κ2) is 9.58. The molecule has 2 heteroatoms. The maximum Gasteiger partial charge on any atom is 0.127 e. The molecule has 0 aliphatic carbocycles. The summed E-state index contributed by atoms with van der Waals surface area (Å²) in [6.45, 7) is 6.77. The molecule has 0 saturated carbocycles. The van der Waals surface area contributed by atoms with Crippen LogP contribution in [0, 0.1) is 0 Å². The Morgan fingerprint density at radius 1 is 1.05 bits per heavy atom. The van der Waals surface area contributed by atoms with E-state index in [1.807, 2.05) is 17.8 Å². The normalized spacial score (nSPS) is 10.8. The maximum absolute atomic E-state index is 5.95. The molecule has 0 spiro atoms. The van der Waals surface area contributed by atoms with Crippen molar-refractivity contribution < 1.29 is 4.74 Å². The van der Waals surface area contributed by atoms with Gasteiger partial charge in [0.1, 0.15) is 5.75 Å². The summed E-state index contributed by atoms with van der Waals surface area (Å²) in [5, 5.41) is 2.54. The van der Waals surface area contributed by atoms with Gasteiger partial charge in [-0.15, -0.1) is 18.3 Å². The number of rotatable bonds is 10. The highest BCUT2D eigenvalue weighted by Gasteiger charge is 2.07. The summed E-state index contributed by atoms with van der Waals surface area (Å²) in [4.78, 5) is 1.36. The highest BCUT2D eigenvalue weighted by Crippen LogP contribution is 2.34. The first-order valence-electron chi connectivity index (χ1n) is 8.25. The van der Waals surface area contributed by atoms with Crippen molar-refractivity contribution in [2.45, 2.75) is 43.9 Å². The number of hydrogen-bond acceptors (Lipinski definition) is 2. The van der Waals surface area contributed by atoms with Crippen molar-refractivity contribution >= 4 is 22.5 Å². The molecule has 0 aliphatic heterocycles. The molecule has 22 heavy (non-hydrogen) atoms. The zero-order valence-electron chi connectivity index (χ0n) is 13.5. The lowest BCUT2D eigenvalue weighted by Gasteiger charge is -2.12. The summed E-state index contributed by atoms with van der Waals surface area (Å²) in [5.41, 5.74) is 0. The van der Waals surface area contributed by atoms with Crippen LogP contribution in [-0.4, -0.2) is 12.4 Å². The van der Waals surface area contributed by atoms with E-state index in [0.29, 0.717) is 0 Å². The second-order valence-electron chi connectivity index (χ2n) is 5.44. The molecular formula is C20H26OS. The largest absolute Gasteiger partial charge is 0.493 e. The van der Waals surface area contributed by atoms with Crippen LogP contribution in [0.5, 0.6) is 5.75 Å². The fourth-order valence-corrected chi connectivity index (χ4v) is 3.46. The zero-order valence-corrected chi connectivity index (χ0v) is 14.3. The molecule has 0 saturated heterocycles. The average Bonchev–Trinajstić information content (AvgIpc) is 2.56. The first-order valence-corrected chi connectivity index (χ1v) is 9.23. The molecule has 0 fully saturated rings. The summed E-state index contributed by atoms with van der Waals surface area (Å²) < 4.78 is 5.95. The molecule has 0 amide bonds. The first-order chi connectivity index (χ1) is 10.9. The van der Waals surface area contributed by atoms with Crippen LogP contribution in [0.15, 0.2) is 53.9 Å². The minimum Gasteiger partial charge on any atom is -0.493 e. The van der Waals surface area contributed by atoms with E-state index >= 15 is 0 Å². The third kappa shape index (κ3) is 4.81. The van der Waals surface area contributed by atoms with E-state index in [-0.39, 0.29) is 0 Å². The van der Waals surface area contributed by atoms with E-state index < -0.39 is 0 Å². The average molecular weight is 314 g/mol. The molecule has 0 N–H and O–H groups in total. The van der Waals surface area contributed by atoms with Crippen LogP contribution in [0.2, 0.25) is 0 Å². The molecule has 2 aromatic rings. The Morgan fingerprint density at radius 3 is 2.64 bits per heavy atom. The predicted molar refractivity (Wildman–Crippen MR) is 99.1 cm³/mol. The molecule has 0 bridgehead atoms. The van der Waals surface area contributed by atoms with E-state index in [9.17, 15) is 0 Å². The lowest BCUT2D eigenvalue weighted by atomic mass is 10.1. The number of allylic oxidation sites excluding steroid dienone is 1. The topological polar surface area (TPSA) is 9.23 Å². The Bertz CT molecular complexity index is 591. The molecule has 0 atom stereocenters. The fourth-order valence-electron chi connectivity index (χ4n) is 2.39. The van der Waals surface area contributed by atoms with E-state index in [1.165, 1.54) is 28.5 Å². The highest BCUT2D eigenvalue weighted by atomic mass is 32.2. The van der Waals surface area contributed by atoms with Gasteiger partial charge in [-0.25, -0.2) is 0 Å². The molecule has 1 nitrogen and oxygen atoms in total. The number of fused-ring (bicyclic) bond motifs is 1. The fraction of sp³-hybridized carbons (Fsp3) is 0.400. The monoisotopic (exact) mass is 314 g/mol. The van der Waals surface area contributed by atoms with Gasteiger partial charge in [0.25, 0.3) is 0 Å². The first kappa shape index (κ1) is 17.0. The summed E-state index contributed by atoms with van der Waals surface area (Å²) in [7, 11) is 0. The van der Waals surface area contributed by atoms with Gasteiger partial charge in [-0.2, -0.15) is 0 Å². The molecule has 0 heterocycles. The minimum absolute atomic E-state index is 0.800. The molecule has 0 aromatic heterocycles. The number of benzene rings is 2. The van der Waals surface area contributed by atoms with Crippen LogP contribution in [0.4, 0.5) is 0 Å². The van der Waals surface area contributed by atoms with Crippen LogP contribution in [0.1, 0.15) is 39.0 Å². The van der Waals surface area contributed by atoms with Crippen LogP contribution < -0.4 is 4.74 Å². The van der Waals surface area contributed by atoms with E-state index in [2.05, 4.69) is 49.9 Å². The van der Waals surface area contributed by atoms with Gasteiger partial charge in [0.05, 0.1) is 6.61 Å². The van der Waals surface area contributed by atoms with Gasteiger partial charge in [-0.3, -0.25) is 0 Å². The number of unbranched alkanes of at least 4 members (excludes halogenated alkanes) is 3. The third-order valence-corrected chi connectivity index (χ3v) is 4.82. The van der Waals surface area contributed by atoms with E-state index in [4.69, 9.17) is 4.74 Å². The number of thioether (sulfide) groups is 1. The van der Waals surface area contributed by atoms with Crippen LogP contribution in [0.3, 0.4) is 0 Å². The summed E-state index contributed by atoms with van der Waals surface area (Å²) in [5.74, 6) is 2.17. The minimum atomic E-state index is 0.800. The standard InChI is InChI=1S/C20H26OS/c1-3-5-7-10-16-22-20-14-13-19(21-15-6-4-2)17-11-8-9-12-18(17)20/h3,8-9,11-14H,1,4-7,10,15-16H2,2H3.